The van der Waals surface area contributed by atoms with E-state index in [2.05, 4.69) is 29.3 Å². The molecule has 1 aromatic rings. The molecule has 2 unspecified atom stereocenters. The maximum Gasteiger partial charge on any atom is 0.194 e. The summed E-state index contributed by atoms with van der Waals surface area (Å²) in [6, 6.07) is 10.3. The number of methoxy groups -OCH3 is 1. The van der Waals surface area contributed by atoms with Crippen molar-refractivity contribution in [2.75, 3.05) is 46.5 Å². The minimum atomic E-state index is -0.00812. The molecular weight excluding hydrogens is 302 g/mol. The van der Waals surface area contributed by atoms with Crippen LogP contribution in [0.4, 0.5) is 0 Å². The highest BCUT2D eigenvalue weighted by molar-refractivity contribution is 5.80. The zero-order chi connectivity index (χ0) is 16.8. The predicted octanol–water partition coefficient (Wildman–Crippen LogP) is 2.45. The van der Waals surface area contributed by atoms with Crippen molar-refractivity contribution in [2.45, 2.75) is 25.9 Å². The van der Waals surface area contributed by atoms with Crippen molar-refractivity contribution in [3.8, 4) is 0 Å². The molecule has 24 heavy (non-hydrogen) atoms. The minimum Gasteiger partial charge on any atom is -0.381 e. The standard InChI is InChI=1S/C19H29N3O2/c1-3-20-18(22-11-9-19(14-22)10-12-24-15-19)21-13-17(23-2)16-7-5-4-6-8-16/h4-8,17H,3,9-15H2,1-2H3,(H,20,21). The minimum absolute atomic E-state index is 0.00812. The lowest BCUT2D eigenvalue weighted by Gasteiger charge is -2.25. The number of benzene rings is 1. The Balaban J connectivity index is 1.67. The number of likely N-dealkylation sites (tertiary alicyclic amines) is 1. The lowest BCUT2D eigenvalue weighted by atomic mass is 9.87. The number of rotatable bonds is 5. The molecule has 2 aliphatic rings. The van der Waals surface area contributed by atoms with Crippen molar-refractivity contribution in [1.82, 2.24) is 10.2 Å². The molecule has 1 spiro atoms. The van der Waals surface area contributed by atoms with Crippen molar-refractivity contribution in [2.24, 2.45) is 10.4 Å². The van der Waals surface area contributed by atoms with Gasteiger partial charge in [-0.25, -0.2) is 0 Å². The number of hydrogen-bond acceptors (Lipinski definition) is 3. The Kier molecular flexibility index (Phi) is 5.74. The second kappa shape index (κ2) is 7.99. The van der Waals surface area contributed by atoms with Gasteiger partial charge in [-0.15, -0.1) is 0 Å². The first-order valence-corrected chi connectivity index (χ1v) is 8.95. The summed E-state index contributed by atoms with van der Waals surface area (Å²) >= 11 is 0. The number of hydrogen-bond donors (Lipinski definition) is 1. The van der Waals surface area contributed by atoms with Crippen LogP contribution in [0.1, 0.15) is 31.4 Å². The van der Waals surface area contributed by atoms with Gasteiger partial charge >= 0.3 is 0 Å². The molecule has 5 nitrogen and oxygen atoms in total. The zero-order valence-corrected chi connectivity index (χ0v) is 14.8. The molecule has 132 valence electrons. The lowest BCUT2D eigenvalue weighted by molar-refractivity contribution is 0.110. The first kappa shape index (κ1) is 17.2. The SMILES string of the molecule is CCNC(=NCC(OC)c1ccccc1)N1CCC2(CCOC2)C1. The van der Waals surface area contributed by atoms with Gasteiger partial charge in [0, 0.05) is 38.8 Å². The van der Waals surface area contributed by atoms with Crippen molar-refractivity contribution in [3.63, 3.8) is 0 Å². The van der Waals surface area contributed by atoms with Gasteiger partial charge < -0.3 is 19.7 Å². The Labute approximate surface area is 145 Å². The molecule has 2 saturated heterocycles. The normalized spacial score (nSPS) is 25.4. The topological polar surface area (TPSA) is 46.1 Å². The van der Waals surface area contributed by atoms with E-state index in [0.29, 0.717) is 12.0 Å². The average Bonchev–Trinajstić information content (AvgIpc) is 3.26. The molecule has 3 rings (SSSR count). The summed E-state index contributed by atoms with van der Waals surface area (Å²) in [4.78, 5) is 7.25. The first-order chi connectivity index (χ1) is 11.8. The van der Waals surface area contributed by atoms with Crippen molar-refractivity contribution >= 4 is 5.96 Å². The van der Waals surface area contributed by atoms with Crippen LogP contribution in [-0.2, 0) is 9.47 Å². The number of nitrogens with one attached hydrogen (secondary N) is 1. The van der Waals surface area contributed by atoms with Crippen LogP contribution in [0.5, 0.6) is 0 Å². The van der Waals surface area contributed by atoms with E-state index in [-0.39, 0.29) is 6.10 Å². The summed E-state index contributed by atoms with van der Waals surface area (Å²) in [6.45, 7) is 7.52. The Morgan fingerprint density at radius 2 is 2.21 bits per heavy atom. The summed E-state index contributed by atoms with van der Waals surface area (Å²) in [6.07, 6.45) is 2.36. The van der Waals surface area contributed by atoms with Crippen LogP contribution in [0.3, 0.4) is 0 Å². The van der Waals surface area contributed by atoms with Crippen molar-refractivity contribution < 1.29 is 9.47 Å². The fraction of sp³-hybridized carbons (Fsp3) is 0.632. The lowest BCUT2D eigenvalue weighted by Crippen LogP contribution is -2.41. The smallest absolute Gasteiger partial charge is 0.194 e. The Morgan fingerprint density at radius 3 is 2.88 bits per heavy atom. The molecule has 2 atom stereocenters. The Bertz CT molecular complexity index is 541. The second-order valence-electron chi connectivity index (χ2n) is 6.80. The van der Waals surface area contributed by atoms with E-state index in [9.17, 15) is 0 Å². The van der Waals surface area contributed by atoms with Crippen LogP contribution in [0, 0.1) is 5.41 Å². The molecule has 0 aliphatic carbocycles. The molecule has 1 N–H and O–H groups in total. The number of aliphatic imine (C=N–C) groups is 1. The van der Waals surface area contributed by atoms with Crippen LogP contribution in [-0.4, -0.2) is 57.4 Å². The van der Waals surface area contributed by atoms with Gasteiger partial charge in [0.25, 0.3) is 0 Å². The second-order valence-corrected chi connectivity index (χ2v) is 6.80. The quantitative estimate of drug-likeness (QED) is 0.665. The van der Waals surface area contributed by atoms with E-state index < -0.39 is 0 Å². The zero-order valence-electron chi connectivity index (χ0n) is 14.8. The number of guanidine groups is 1. The highest BCUT2D eigenvalue weighted by atomic mass is 16.5. The van der Waals surface area contributed by atoms with Gasteiger partial charge in [-0.1, -0.05) is 30.3 Å². The van der Waals surface area contributed by atoms with Crippen LogP contribution in [0.15, 0.2) is 35.3 Å². The van der Waals surface area contributed by atoms with E-state index in [0.717, 1.165) is 38.8 Å². The average molecular weight is 331 g/mol. The van der Waals surface area contributed by atoms with Crippen LogP contribution >= 0.6 is 0 Å². The molecule has 0 saturated carbocycles. The van der Waals surface area contributed by atoms with Gasteiger partial charge in [0.2, 0.25) is 0 Å². The largest absolute Gasteiger partial charge is 0.381 e. The third-order valence-electron chi connectivity index (χ3n) is 5.12. The van der Waals surface area contributed by atoms with E-state index in [1.807, 2.05) is 18.2 Å². The summed E-state index contributed by atoms with van der Waals surface area (Å²) < 4.78 is 11.3. The van der Waals surface area contributed by atoms with E-state index >= 15 is 0 Å². The van der Waals surface area contributed by atoms with Gasteiger partial charge in [-0.2, -0.15) is 0 Å². The molecule has 0 bridgehead atoms. The van der Waals surface area contributed by atoms with Crippen molar-refractivity contribution in [3.05, 3.63) is 35.9 Å². The highest BCUT2D eigenvalue weighted by Crippen LogP contribution is 2.38. The molecule has 0 amide bonds. The number of nitrogens with zero attached hydrogens (tertiary/aromatic N) is 2. The monoisotopic (exact) mass is 331 g/mol. The maximum absolute atomic E-state index is 5.65. The maximum atomic E-state index is 5.65. The Hall–Kier alpha value is -1.59. The third kappa shape index (κ3) is 3.90. The van der Waals surface area contributed by atoms with Crippen molar-refractivity contribution in [1.29, 1.82) is 0 Å². The fourth-order valence-electron chi connectivity index (χ4n) is 3.67. The van der Waals surface area contributed by atoms with E-state index in [1.165, 1.54) is 18.4 Å². The van der Waals surface area contributed by atoms with Gasteiger partial charge in [0.05, 0.1) is 13.2 Å². The van der Waals surface area contributed by atoms with Crippen LogP contribution in [0.25, 0.3) is 0 Å². The summed E-state index contributed by atoms with van der Waals surface area (Å²) in [5, 5.41) is 3.44. The predicted molar refractivity (Wildman–Crippen MR) is 96.2 cm³/mol. The first-order valence-electron chi connectivity index (χ1n) is 8.95. The summed E-state index contributed by atoms with van der Waals surface area (Å²) in [7, 11) is 1.75. The number of ether oxygens (including phenoxy) is 2. The summed E-state index contributed by atoms with van der Waals surface area (Å²) in [5.41, 5.74) is 1.51. The molecule has 5 heteroatoms. The highest BCUT2D eigenvalue weighted by Gasteiger charge is 2.42. The molecule has 0 radical (unpaired) electrons. The van der Waals surface area contributed by atoms with Crippen LogP contribution < -0.4 is 5.32 Å². The van der Waals surface area contributed by atoms with Gasteiger partial charge in [-0.3, -0.25) is 4.99 Å². The van der Waals surface area contributed by atoms with Crippen LogP contribution in [0.2, 0.25) is 0 Å². The molecule has 1 aromatic carbocycles. The van der Waals surface area contributed by atoms with Gasteiger partial charge in [-0.05, 0) is 25.3 Å². The Morgan fingerprint density at radius 1 is 1.38 bits per heavy atom. The molecule has 2 fully saturated rings. The van der Waals surface area contributed by atoms with Gasteiger partial charge in [0.1, 0.15) is 6.10 Å². The van der Waals surface area contributed by atoms with Gasteiger partial charge in [0.15, 0.2) is 5.96 Å². The molecule has 2 heterocycles. The third-order valence-corrected chi connectivity index (χ3v) is 5.12. The van der Waals surface area contributed by atoms with E-state index in [1.54, 1.807) is 7.11 Å². The summed E-state index contributed by atoms with van der Waals surface area (Å²) in [5.74, 6) is 0.999. The molecule has 0 aromatic heterocycles. The molecular formula is C19H29N3O2. The fourth-order valence-corrected chi connectivity index (χ4v) is 3.67. The van der Waals surface area contributed by atoms with E-state index in [4.69, 9.17) is 14.5 Å². The molecule has 2 aliphatic heterocycles.